The van der Waals surface area contributed by atoms with Gasteiger partial charge in [-0.05, 0) is 38.2 Å². The fourth-order valence-corrected chi connectivity index (χ4v) is 2.01. The molecule has 0 saturated heterocycles. The minimum atomic E-state index is -0.528. The van der Waals surface area contributed by atoms with Gasteiger partial charge in [0.1, 0.15) is 12.4 Å². The quantitative estimate of drug-likeness (QED) is 0.770. The normalized spacial score (nSPS) is 13.8. The van der Waals surface area contributed by atoms with Crippen LogP contribution in [0, 0.1) is 5.92 Å². The lowest BCUT2D eigenvalue weighted by molar-refractivity contribution is -0.118. The molecule has 0 radical (unpaired) electrons. The Balaban J connectivity index is 2.63. The van der Waals surface area contributed by atoms with Gasteiger partial charge in [0.15, 0.2) is 0 Å². The SMILES string of the molecule is CCC(C)C(N)C(=O)Nc1ccc(OCCN(C)C)c(Cl)c1. The Kier molecular flexibility index (Phi) is 7.65. The van der Waals surface area contributed by atoms with E-state index in [2.05, 4.69) is 5.32 Å². The molecular weight excluding hydrogens is 302 g/mol. The summed E-state index contributed by atoms with van der Waals surface area (Å²) in [6.07, 6.45) is 0.855. The summed E-state index contributed by atoms with van der Waals surface area (Å²) in [5, 5.41) is 3.25. The zero-order chi connectivity index (χ0) is 16.7. The number of rotatable bonds is 8. The van der Waals surface area contributed by atoms with Crippen molar-refractivity contribution < 1.29 is 9.53 Å². The van der Waals surface area contributed by atoms with Crippen LogP contribution in [0.2, 0.25) is 5.02 Å². The number of nitrogens with zero attached hydrogens (tertiary/aromatic N) is 1. The maximum Gasteiger partial charge on any atom is 0.241 e. The Morgan fingerprint density at radius 3 is 2.68 bits per heavy atom. The number of ether oxygens (including phenoxy) is 1. The van der Waals surface area contributed by atoms with E-state index in [9.17, 15) is 4.79 Å². The molecule has 0 fully saturated rings. The van der Waals surface area contributed by atoms with Crippen molar-refractivity contribution in [1.29, 1.82) is 0 Å². The molecule has 5 nitrogen and oxygen atoms in total. The molecule has 0 aliphatic carbocycles. The van der Waals surface area contributed by atoms with E-state index in [1.165, 1.54) is 0 Å². The fraction of sp³-hybridized carbons (Fsp3) is 0.562. The van der Waals surface area contributed by atoms with Crippen molar-refractivity contribution in [2.75, 3.05) is 32.6 Å². The van der Waals surface area contributed by atoms with Gasteiger partial charge in [-0.25, -0.2) is 0 Å². The number of benzene rings is 1. The van der Waals surface area contributed by atoms with Crippen LogP contribution in [-0.2, 0) is 4.79 Å². The van der Waals surface area contributed by atoms with Crippen LogP contribution < -0.4 is 15.8 Å². The summed E-state index contributed by atoms with van der Waals surface area (Å²) >= 11 is 6.18. The maximum absolute atomic E-state index is 12.0. The molecular formula is C16H26ClN3O2. The van der Waals surface area contributed by atoms with Gasteiger partial charge >= 0.3 is 0 Å². The van der Waals surface area contributed by atoms with Gasteiger partial charge in [-0.2, -0.15) is 0 Å². The Morgan fingerprint density at radius 1 is 1.45 bits per heavy atom. The van der Waals surface area contributed by atoms with Crippen molar-refractivity contribution in [2.24, 2.45) is 11.7 Å². The average Bonchev–Trinajstić information content (AvgIpc) is 2.47. The Hall–Kier alpha value is -1.30. The Morgan fingerprint density at radius 2 is 2.14 bits per heavy atom. The first-order valence-corrected chi connectivity index (χ1v) is 7.86. The number of hydrogen-bond donors (Lipinski definition) is 2. The highest BCUT2D eigenvalue weighted by Gasteiger charge is 2.19. The molecule has 0 bridgehead atoms. The van der Waals surface area contributed by atoms with Gasteiger partial charge in [-0.1, -0.05) is 31.9 Å². The van der Waals surface area contributed by atoms with Gasteiger partial charge in [0.05, 0.1) is 11.1 Å². The number of carbonyl (C=O) groups excluding carboxylic acids is 1. The van der Waals surface area contributed by atoms with Crippen LogP contribution in [0.1, 0.15) is 20.3 Å². The smallest absolute Gasteiger partial charge is 0.241 e. The molecule has 0 aliphatic rings. The summed E-state index contributed by atoms with van der Waals surface area (Å²) in [6.45, 7) is 5.32. The molecule has 0 aliphatic heterocycles. The molecule has 0 spiro atoms. The predicted molar refractivity (Wildman–Crippen MR) is 91.6 cm³/mol. The molecule has 6 heteroatoms. The van der Waals surface area contributed by atoms with Crippen molar-refractivity contribution in [2.45, 2.75) is 26.3 Å². The number of halogens is 1. The first-order valence-electron chi connectivity index (χ1n) is 7.48. The second-order valence-corrected chi connectivity index (χ2v) is 6.10. The first kappa shape index (κ1) is 18.7. The standard InChI is InChI=1S/C16H26ClN3O2/c1-5-11(2)15(18)16(21)19-12-6-7-14(13(17)10-12)22-9-8-20(3)4/h6-7,10-11,15H,5,8-9,18H2,1-4H3,(H,19,21). The lowest BCUT2D eigenvalue weighted by Crippen LogP contribution is -2.40. The number of likely N-dealkylation sites (N-methyl/N-ethyl adjacent to an activating group) is 1. The minimum Gasteiger partial charge on any atom is -0.491 e. The van der Waals surface area contributed by atoms with Crippen LogP contribution >= 0.6 is 11.6 Å². The highest BCUT2D eigenvalue weighted by molar-refractivity contribution is 6.32. The van der Waals surface area contributed by atoms with Crippen LogP contribution in [0.5, 0.6) is 5.75 Å². The van der Waals surface area contributed by atoms with E-state index in [1.807, 2.05) is 32.8 Å². The van der Waals surface area contributed by atoms with Gasteiger partial charge in [0.2, 0.25) is 5.91 Å². The maximum atomic E-state index is 12.0. The van der Waals surface area contributed by atoms with E-state index in [0.717, 1.165) is 13.0 Å². The molecule has 1 amide bonds. The molecule has 124 valence electrons. The molecule has 0 aromatic heterocycles. The largest absolute Gasteiger partial charge is 0.491 e. The number of nitrogens with two attached hydrogens (primary N) is 1. The van der Waals surface area contributed by atoms with Crippen LogP contribution in [-0.4, -0.2) is 44.1 Å². The van der Waals surface area contributed by atoms with E-state index < -0.39 is 6.04 Å². The van der Waals surface area contributed by atoms with E-state index in [0.29, 0.717) is 23.1 Å². The van der Waals surface area contributed by atoms with Crippen LogP contribution in [0.15, 0.2) is 18.2 Å². The summed E-state index contributed by atoms with van der Waals surface area (Å²) in [6, 6.07) is 4.66. The molecule has 2 atom stereocenters. The summed E-state index contributed by atoms with van der Waals surface area (Å²) in [4.78, 5) is 14.1. The van der Waals surface area contributed by atoms with Crippen molar-refractivity contribution in [3.05, 3.63) is 23.2 Å². The third-order valence-corrected chi connectivity index (χ3v) is 3.85. The van der Waals surface area contributed by atoms with Gasteiger partial charge in [-0.3, -0.25) is 4.79 Å². The number of anilines is 1. The number of amides is 1. The van der Waals surface area contributed by atoms with Crippen molar-refractivity contribution in [3.8, 4) is 5.75 Å². The van der Waals surface area contributed by atoms with Crippen molar-refractivity contribution in [3.63, 3.8) is 0 Å². The topological polar surface area (TPSA) is 67.6 Å². The zero-order valence-corrected chi connectivity index (χ0v) is 14.5. The molecule has 1 aromatic rings. The number of nitrogens with one attached hydrogen (secondary N) is 1. The number of hydrogen-bond acceptors (Lipinski definition) is 4. The van der Waals surface area contributed by atoms with Gasteiger partial charge < -0.3 is 20.7 Å². The molecule has 0 saturated carbocycles. The van der Waals surface area contributed by atoms with Gasteiger partial charge in [-0.15, -0.1) is 0 Å². The third kappa shape index (κ3) is 5.83. The van der Waals surface area contributed by atoms with E-state index in [-0.39, 0.29) is 11.8 Å². The van der Waals surface area contributed by atoms with E-state index >= 15 is 0 Å². The minimum absolute atomic E-state index is 0.129. The molecule has 0 heterocycles. The third-order valence-electron chi connectivity index (χ3n) is 3.56. The highest BCUT2D eigenvalue weighted by Crippen LogP contribution is 2.27. The van der Waals surface area contributed by atoms with Crippen molar-refractivity contribution >= 4 is 23.2 Å². The molecule has 2 unspecified atom stereocenters. The highest BCUT2D eigenvalue weighted by atomic mass is 35.5. The fourth-order valence-electron chi connectivity index (χ4n) is 1.77. The lowest BCUT2D eigenvalue weighted by atomic mass is 9.99. The summed E-state index contributed by atoms with van der Waals surface area (Å²) in [5.41, 5.74) is 6.53. The zero-order valence-electron chi connectivity index (χ0n) is 13.7. The summed E-state index contributed by atoms with van der Waals surface area (Å²) in [7, 11) is 3.95. The molecule has 3 N–H and O–H groups in total. The first-order chi connectivity index (χ1) is 10.3. The van der Waals surface area contributed by atoms with Crippen LogP contribution in [0.3, 0.4) is 0 Å². The Bertz CT molecular complexity index is 494. The molecule has 22 heavy (non-hydrogen) atoms. The van der Waals surface area contributed by atoms with Crippen LogP contribution in [0.25, 0.3) is 0 Å². The van der Waals surface area contributed by atoms with Gasteiger partial charge in [0, 0.05) is 12.2 Å². The summed E-state index contributed by atoms with van der Waals surface area (Å²) in [5.74, 6) is 0.531. The monoisotopic (exact) mass is 327 g/mol. The molecule has 1 rings (SSSR count). The average molecular weight is 328 g/mol. The Labute approximate surface area is 137 Å². The van der Waals surface area contributed by atoms with Crippen molar-refractivity contribution in [1.82, 2.24) is 4.90 Å². The van der Waals surface area contributed by atoms with E-state index in [4.69, 9.17) is 22.1 Å². The second-order valence-electron chi connectivity index (χ2n) is 5.70. The molecule has 1 aromatic carbocycles. The lowest BCUT2D eigenvalue weighted by Gasteiger charge is -2.18. The van der Waals surface area contributed by atoms with Gasteiger partial charge in [0.25, 0.3) is 0 Å². The van der Waals surface area contributed by atoms with Crippen LogP contribution in [0.4, 0.5) is 5.69 Å². The number of carbonyl (C=O) groups is 1. The second kappa shape index (κ2) is 8.98. The predicted octanol–water partition coefficient (Wildman–Crippen LogP) is 2.59. The van der Waals surface area contributed by atoms with E-state index in [1.54, 1.807) is 18.2 Å². The summed E-state index contributed by atoms with van der Waals surface area (Å²) < 4.78 is 5.60.